The summed E-state index contributed by atoms with van der Waals surface area (Å²) in [4.78, 5) is 7.89. The van der Waals surface area contributed by atoms with Gasteiger partial charge in [0.05, 0.1) is 6.54 Å². The highest BCUT2D eigenvalue weighted by Crippen LogP contribution is 2.08. The van der Waals surface area contributed by atoms with Crippen LogP contribution in [0.1, 0.15) is 5.69 Å². The van der Waals surface area contributed by atoms with E-state index >= 15 is 0 Å². The van der Waals surface area contributed by atoms with Crippen LogP contribution in [0.5, 0.6) is 0 Å². The molecule has 2 aromatic rings. The van der Waals surface area contributed by atoms with Crippen molar-refractivity contribution in [3.63, 3.8) is 0 Å². The molecular formula is C8H10N6O. The highest BCUT2D eigenvalue weighted by molar-refractivity contribution is 5.45. The third-order valence-electron chi connectivity index (χ3n) is 1.76. The fourth-order valence-electron chi connectivity index (χ4n) is 1.04. The summed E-state index contributed by atoms with van der Waals surface area (Å²) in [5, 5.41) is 6.81. The van der Waals surface area contributed by atoms with Gasteiger partial charge in [-0.05, 0) is 0 Å². The number of aromatic nitrogens is 3. The highest BCUT2D eigenvalue weighted by atomic mass is 16.5. The van der Waals surface area contributed by atoms with Crippen LogP contribution >= 0.6 is 0 Å². The molecule has 0 atom stereocenters. The predicted molar refractivity (Wildman–Crippen MR) is 53.7 cm³/mol. The van der Waals surface area contributed by atoms with E-state index in [0.29, 0.717) is 18.2 Å². The molecule has 7 heteroatoms. The van der Waals surface area contributed by atoms with Crippen molar-refractivity contribution >= 4 is 11.6 Å². The number of nitrogen functional groups attached to an aromatic ring is 1. The lowest BCUT2D eigenvalue weighted by Crippen LogP contribution is -2.10. The molecule has 0 unspecified atom stereocenters. The van der Waals surface area contributed by atoms with Gasteiger partial charge in [0.2, 0.25) is 0 Å². The second-order valence-corrected chi connectivity index (χ2v) is 2.78. The van der Waals surface area contributed by atoms with Crippen molar-refractivity contribution in [3.05, 3.63) is 30.4 Å². The topological polar surface area (TPSA) is 102 Å². The van der Waals surface area contributed by atoms with Crippen LogP contribution in [0.15, 0.2) is 29.2 Å². The molecule has 78 valence electrons. The van der Waals surface area contributed by atoms with Gasteiger partial charge in [0.15, 0.2) is 0 Å². The van der Waals surface area contributed by atoms with Crippen LogP contribution in [-0.4, -0.2) is 15.1 Å². The van der Waals surface area contributed by atoms with Crippen LogP contribution in [0.2, 0.25) is 0 Å². The molecule has 7 nitrogen and oxygen atoms in total. The third-order valence-corrected chi connectivity index (χ3v) is 1.76. The fraction of sp³-hybridized carbons (Fsp3) is 0.125. The largest absolute Gasteiger partial charge is 0.364 e. The molecule has 4 N–H and O–H groups in total. The van der Waals surface area contributed by atoms with Gasteiger partial charge in [0.1, 0.15) is 29.9 Å². The fourth-order valence-corrected chi connectivity index (χ4v) is 1.04. The first-order chi connectivity index (χ1) is 7.38. The minimum Gasteiger partial charge on any atom is -0.364 e. The molecule has 2 heterocycles. The minimum atomic E-state index is 0.539. The van der Waals surface area contributed by atoms with Crippen LogP contribution in [0.4, 0.5) is 11.6 Å². The maximum Gasteiger partial charge on any atom is 0.145 e. The summed E-state index contributed by atoms with van der Waals surface area (Å²) in [6, 6.07) is 3.47. The molecule has 0 aliphatic rings. The van der Waals surface area contributed by atoms with Gasteiger partial charge in [-0.2, -0.15) is 0 Å². The standard InChI is InChI=1S/C8H10N6O/c9-13-8-3-7(11-5-12-8)10-4-6-1-2-15-14-6/h1-3,5H,4,9H2,(H2,10,11,12,13). The van der Waals surface area contributed by atoms with Crippen LogP contribution in [0.3, 0.4) is 0 Å². The van der Waals surface area contributed by atoms with E-state index in [1.165, 1.54) is 12.6 Å². The Balaban J connectivity index is 1.98. The summed E-state index contributed by atoms with van der Waals surface area (Å²) in [7, 11) is 0. The zero-order valence-electron chi connectivity index (χ0n) is 7.84. The first-order valence-electron chi connectivity index (χ1n) is 4.30. The molecule has 0 fully saturated rings. The van der Waals surface area contributed by atoms with Crippen LogP contribution < -0.4 is 16.6 Å². The Kier molecular flexibility index (Phi) is 2.75. The predicted octanol–water partition coefficient (Wildman–Crippen LogP) is 0.362. The van der Waals surface area contributed by atoms with Gasteiger partial charge in [0, 0.05) is 12.1 Å². The SMILES string of the molecule is NNc1cc(NCc2ccon2)ncn1. The number of anilines is 2. The zero-order valence-corrected chi connectivity index (χ0v) is 7.84. The van der Waals surface area contributed by atoms with E-state index < -0.39 is 0 Å². The zero-order chi connectivity index (χ0) is 10.5. The summed E-state index contributed by atoms with van der Waals surface area (Å²) >= 11 is 0. The molecule has 15 heavy (non-hydrogen) atoms. The maximum absolute atomic E-state index is 5.21. The number of nitrogens with two attached hydrogens (primary N) is 1. The van der Waals surface area contributed by atoms with E-state index in [2.05, 4.69) is 25.9 Å². The van der Waals surface area contributed by atoms with Gasteiger partial charge < -0.3 is 15.3 Å². The number of nitrogens with zero attached hydrogens (tertiary/aromatic N) is 3. The Bertz CT molecular complexity index is 415. The number of hydrogen-bond donors (Lipinski definition) is 3. The molecule has 0 amide bonds. The smallest absolute Gasteiger partial charge is 0.145 e. The second kappa shape index (κ2) is 4.38. The van der Waals surface area contributed by atoms with Crippen molar-refractivity contribution in [1.82, 2.24) is 15.1 Å². The van der Waals surface area contributed by atoms with Crippen molar-refractivity contribution in [1.29, 1.82) is 0 Å². The molecule has 0 aliphatic carbocycles. The Labute approximate surface area is 85.7 Å². The molecular weight excluding hydrogens is 196 g/mol. The number of nitrogens with one attached hydrogen (secondary N) is 2. The van der Waals surface area contributed by atoms with Crippen molar-refractivity contribution in [3.8, 4) is 0 Å². The number of hydrogen-bond acceptors (Lipinski definition) is 7. The van der Waals surface area contributed by atoms with Crippen molar-refractivity contribution < 1.29 is 4.52 Å². The van der Waals surface area contributed by atoms with Gasteiger partial charge in [-0.1, -0.05) is 5.16 Å². The van der Waals surface area contributed by atoms with Crippen molar-refractivity contribution in [2.45, 2.75) is 6.54 Å². The van der Waals surface area contributed by atoms with Crippen molar-refractivity contribution in [2.24, 2.45) is 5.84 Å². The number of hydrazine groups is 1. The summed E-state index contributed by atoms with van der Waals surface area (Å²) in [6.45, 7) is 0.539. The van der Waals surface area contributed by atoms with E-state index in [4.69, 9.17) is 10.4 Å². The summed E-state index contributed by atoms with van der Waals surface area (Å²) in [5.41, 5.74) is 3.24. The van der Waals surface area contributed by atoms with E-state index in [1.807, 2.05) is 0 Å². The van der Waals surface area contributed by atoms with E-state index in [0.717, 1.165) is 5.69 Å². The van der Waals surface area contributed by atoms with Gasteiger partial charge in [-0.3, -0.25) is 0 Å². The molecule has 0 radical (unpaired) electrons. The summed E-state index contributed by atoms with van der Waals surface area (Å²) < 4.78 is 4.69. The van der Waals surface area contributed by atoms with Gasteiger partial charge >= 0.3 is 0 Å². The maximum atomic E-state index is 5.21. The lowest BCUT2D eigenvalue weighted by Gasteiger charge is -2.04. The highest BCUT2D eigenvalue weighted by Gasteiger charge is 1.99. The lowest BCUT2D eigenvalue weighted by molar-refractivity contribution is 0.412. The number of rotatable bonds is 4. The van der Waals surface area contributed by atoms with Gasteiger partial charge in [0.25, 0.3) is 0 Å². The average Bonchev–Trinajstić information content (AvgIpc) is 2.79. The first-order valence-corrected chi connectivity index (χ1v) is 4.30. The van der Waals surface area contributed by atoms with Crippen LogP contribution in [0.25, 0.3) is 0 Å². The Morgan fingerprint density at radius 2 is 2.20 bits per heavy atom. The summed E-state index contributed by atoms with van der Waals surface area (Å²) in [6.07, 6.45) is 2.93. The normalized spacial score (nSPS) is 9.93. The average molecular weight is 206 g/mol. The van der Waals surface area contributed by atoms with Crippen LogP contribution in [-0.2, 0) is 6.54 Å². The van der Waals surface area contributed by atoms with E-state index in [-0.39, 0.29) is 0 Å². The molecule has 0 spiro atoms. The first kappa shape index (κ1) is 9.41. The molecule has 2 rings (SSSR count). The van der Waals surface area contributed by atoms with Gasteiger partial charge in [-0.15, -0.1) is 0 Å². The summed E-state index contributed by atoms with van der Waals surface area (Å²) in [5.74, 6) is 6.43. The molecule has 0 saturated heterocycles. The van der Waals surface area contributed by atoms with Gasteiger partial charge in [-0.25, -0.2) is 15.8 Å². The second-order valence-electron chi connectivity index (χ2n) is 2.78. The quantitative estimate of drug-likeness (QED) is 0.490. The minimum absolute atomic E-state index is 0.539. The molecule has 0 aliphatic heterocycles. The Hall–Kier alpha value is -2.15. The molecule has 2 aromatic heterocycles. The molecule has 0 bridgehead atoms. The van der Waals surface area contributed by atoms with E-state index in [1.54, 1.807) is 12.1 Å². The third kappa shape index (κ3) is 2.41. The lowest BCUT2D eigenvalue weighted by atomic mass is 10.4. The molecule has 0 aromatic carbocycles. The Morgan fingerprint density at radius 3 is 2.93 bits per heavy atom. The van der Waals surface area contributed by atoms with E-state index in [9.17, 15) is 0 Å². The Morgan fingerprint density at radius 1 is 1.33 bits per heavy atom. The monoisotopic (exact) mass is 206 g/mol. The van der Waals surface area contributed by atoms with Crippen LogP contribution in [0, 0.1) is 0 Å². The van der Waals surface area contributed by atoms with Crippen molar-refractivity contribution in [2.75, 3.05) is 10.7 Å². The molecule has 0 saturated carbocycles.